The van der Waals surface area contributed by atoms with E-state index in [1.165, 1.54) is 6.20 Å². The summed E-state index contributed by atoms with van der Waals surface area (Å²) >= 11 is 5.61. The monoisotopic (exact) mass is 194 g/mol. The first kappa shape index (κ1) is 9.69. The Morgan fingerprint density at radius 1 is 1.62 bits per heavy atom. The third kappa shape index (κ3) is 3.22. The number of aromatic nitrogens is 1. The highest BCUT2D eigenvalue weighted by Gasteiger charge is 2.03. The van der Waals surface area contributed by atoms with Crippen LogP contribution in [0.3, 0.4) is 0 Å². The van der Waals surface area contributed by atoms with Crippen LogP contribution in [0.2, 0.25) is 5.02 Å². The van der Waals surface area contributed by atoms with Crippen LogP contribution >= 0.6 is 11.6 Å². The molecule has 66 valence electrons. The maximum Gasteiger partial charge on any atom is 0.152 e. The van der Waals surface area contributed by atoms with Gasteiger partial charge in [0.1, 0.15) is 0 Å². The molecule has 0 fully saturated rings. The summed E-state index contributed by atoms with van der Waals surface area (Å²) in [6.07, 6.45) is 1.62. The van der Waals surface area contributed by atoms with Gasteiger partial charge in [-0.25, -0.2) is 0 Å². The number of pyridine rings is 1. The van der Waals surface area contributed by atoms with E-state index in [1.807, 2.05) is 0 Å². The van der Waals surface area contributed by atoms with Gasteiger partial charge >= 0.3 is 0 Å². The standard InChI is InChI=1S/C9H7ClN2O/c10-7-1-2-8(12-6-7)5-9(13)3-4-11/h1-2,6H,3,5H2. The van der Waals surface area contributed by atoms with Gasteiger partial charge in [-0.1, -0.05) is 11.6 Å². The summed E-state index contributed by atoms with van der Waals surface area (Å²) in [6, 6.07) is 5.14. The zero-order valence-corrected chi connectivity index (χ0v) is 7.58. The predicted molar refractivity (Wildman–Crippen MR) is 48.2 cm³/mol. The summed E-state index contributed by atoms with van der Waals surface area (Å²) in [5.74, 6) is -0.127. The summed E-state index contributed by atoms with van der Waals surface area (Å²) in [7, 11) is 0. The Balaban J connectivity index is 2.60. The van der Waals surface area contributed by atoms with E-state index >= 15 is 0 Å². The largest absolute Gasteiger partial charge is 0.298 e. The Labute approximate surface area is 81.0 Å². The highest BCUT2D eigenvalue weighted by molar-refractivity contribution is 6.30. The van der Waals surface area contributed by atoms with E-state index in [4.69, 9.17) is 16.9 Å². The Morgan fingerprint density at radius 3 is 2.92 bits per heavy atom. The van der Waals surface area contributed by atoms with Gasteiger partial charge in [-0.2, -0.15) is 5.26 Å². The van der Waals surface area contributed by atoms with Gasteiger partial charge in [0, 0.05) is 18.3 Å². The van der Waals surface area contributed by atoms with E-state index in [9.17, 15) is 4.79 Å². The Hall–Kier alpha value is -1.40. The van der Waals surface area contributed by atoms with Gasteiger partial charge in [0.25, 0.3) is 0 Å². The fourth-order valence-corrected chi connectivity index (χ4v) is 0.975. The second-order valence-electron chi connectivity index (χ2n) is 2.52. The molecule has 0 radical (unpaired) electrons. The quantitative estimate of drug-likeness (QED) is 0.737. The first-order chi connectivity index (χ1) is 6.22. The average Bonchev–Trinajstić information content (AvgIpc) is 2.09. The van der Waals surface area contributed by atoms with Crippen LogP contribution in [0.15, 0.2) is 18.3 Å². The van der Waals surface area contributed by atoms with E-state index < -0.39 is 0 Å². The summed E-state index contributed by atoms with van der Waals surface area (Å²) in [4.78, 5) is 14.9. The highest BCUT2D eigenvalue weighted by Crippen LogP contribution is 2.06. The van der Waals surface area contributed by atoms with E-state index in [1.54, 1.807) is 18.2 Å². The third-order valence-electron chi connectivity index (χ3n) is 1.44. The summed E-state index contributed by atoms with van der Waals surface area (Å²) in [5, 5.41) is 8.78. The van der Waals surface area contributed by atoms with E-state index in [-0.39, 0.29) is 18.6 Å². The highest BCUT2D eigenvalue weighted by atomic mass is 35.5. The Bertz CT molecular complexity index is 340. The molecular weight excluding hydrogens is 188 g/mol. The average molecular weight is 195 g/mol. The second-order valence-corrected chi connectivity index (χ2v) is 2.95. The number of ketones is 1. The molecule has 1 aromatic heterocycles. The molecule has 3 nitrogen and oxygen atoms in total. The number of hydrogen-bond acceptors (Lipinski definition) is 3. The third-order valence-corrected chi connectivity index (χ3v) is 1.67. The molecule has 0 saturated heterocycles. The lowest BCUT2D eigenvalue weighted by molar-refractivity contribution is -0.117. The molecule has 1 aromatic rings. The van der Waals surface area contributed by atoms with Crippen LogP contribution in [0.4, 0.5) is 0 Å². The van der Waals surface area contributed by atoms with Crippen LogP contribution in [0, 0.1) is 11.3 Å². The van der Waals surface area contributed by atoms with Gasteiger partial charge in [-0.3, -0.25) is 9.78 Å². The van der Waals surface area contributed by atoms with Crippen molar-refractivity contribution in [2.24, 2.45) is 0 Å². The first-order valence-corrected chi connectivity index (χ1v) is 4.09. The van der Waals surface area contributed by atoms with Gasteiger partial charge in [-0.15, -0.1) is 0 Å². The molecule has 0 aliphatic carbocycles. The molecule has 4 heteroatoms. The second kappa shape index (κ2) is 4.58. The molecule has 0 spiro atoms. The lowest BCUT2D eigenvalue weighted by Crippen LogP contribution is -2.02. The first-order valence-electron chi connectivity index (χ1n) is 3.71. The van der Waals surface area contributed by atoms with Crippen LogP contribution in [-0.4, -0.2) is 10.8 Å². The Morgan fingerprint density at radius 2 is 2.38 bits per heavy atom. The van der Waals surface area contributed by atoms with Crippen molar-refractivity contribution in [3.8, 4) is 6.07 Å². The number of rotatable bonds is 3. The van der Waals surface area contributed by atoms with Crippen molar-refractivity contribution >= 4 is 17.4 Å². The van der Waals surface area contributed by atoms with E-state index in [2.05, 4.69) is 4.98 Å². The topological polar surface area (TPSA) is 53.8 Å². The normalized spacial score (nSPS) is 9.23. The lowest BCUT2D eigenvalue weighted by atomic mass is 10.1. The van der Waals surface area contributed by atoms with Crippen molar-refractivity contribution in [2.75, 3.05) is 0 Å². The van der Waals surface area contributed by atoms with Crippen molar-refractivity contribution in [1.29, 1.82) is 5.26 Å². The van der Waals surface area contributed by atoms with Gasteiger partial charge in [0.15, 0.2) is 5.78 Å². The van der Waals surface area contributed by atoms with Crippen LogP contribution in [-0.2, 0) is 11.2 Å². The smallest absolute Gasteiger partial charge is 0.152 e. The molecule has 1 rings (SSSR count). The summed E-state index contributed by atoms with van der Waals surface area (Å²) in [6.45, 7) is 0. The van der Waals surface area contributed by atoms with Crippen molar-refractivity contribution in [2.45, 2.75) is 12.8 Å². The fourth-order valence-electron chi connectivity index (χ4n) is 0.864. The summed E-state index contributed by atoms with van der Waals surface area (Å²) < 4.78 is 0. The molecule has 0 aromatic carbocycles. The van der Waals surface area contributed by atoms with Crippen molar-refractivity contribution in [3.05, 3.63) is 29.0 Å². The van der Waals surface area contributed by atoms with Gasteiger partial charge in [-0.05, 0) is 12.1 Å². The van der Waals surface area contributed by atoms with Crippen molar-refractivity contribution in [1.82, 2.24) is 4.98 Å². The number of hydrogen-bond donors (Lipinski definition) is 0. The predicted octanol–water partition coefficient (Wildman–Crippen LogP) is 1.76. The molecule has 0 saturated carbocycles. The lowest BCUT2D eigenvalue weighted by Gasteiger charge is -1.96. The van der Waals surface area contributed by atoms with E-state index in [0.29, 0.717) is 10.7 Å². The maximum atomic E-state index is 11.0. The number of nitrogens with zero attached hydrogens (tertiary/aromatic N) is 2. The van der Waals surface area contributed by atoms with Gasteiger partial charge < -0.3 is 0 Å². The van der Waals surface area contributed by atoms with E-state index in [0.717, 1.165) is 0 Å². The van der Waals surface area contributed by atoms with Crippen LogP contribution in [0.25, 0.3) is 0 Å². The summed E-state index contributed by atoms with van der Waals surface area (Å²) in [5.41, 5.74) is 0.643. The minimum Gasteiger partial charge on any atom is -0.298 e. The van der Waals surface area contributed by atoms with Crippen LogP contribution < -0.4 is 0 Å². The molecule has 0 amide bonds. The SMILES string of the molecule is N#CCC(=O)Cc1ccc(Cl)cn1. The van der Waals surface area contributed by atoms with Crippen molar-refractivity contribution in [3.63, 3.8) is 0 Å². The Kier molecular flexibility index (Phi) is 3.41. The minimum absolute atomic E-state index is 0.0652. The maximum absolute atomic E-state index is 11.0. The molecule has 0 bridgehead atoms. The number of carbonyl (C=O) groups excluding carboxylic acids is 1. The van der Waals surface area contributed by atoms with Gasteiger partial charge in [0.2, 0.25) is 0 Å². The molecule has 0 aliphatic heterocycles. The molecule has 13 heavy (non-hydrogen) atoms. The van der Waals surface area contributed by atoms with Gasteiger partial charge in [0.05, 0.1) is 17.5 Å². The zero-order valence-electron chi connectivity index (χ0n) is 6.83. The minimum atomic E-state index is -0.127. The number of halogens is 1. The molecule has 0 unspecified atom stereocenters. The van der Waals surface area contributed by atoms with Crippen LogP contribution in [0.1, 0.15) is 12.1 Å². The molecule has 1 heterocycles. The zero-order chi connectivity index (χ0) is 9.68. The number of Topliss-reactive ketones (excluding diaryl/α,β-unsaturated/α-hetero) is 1. The number of carbonyl (C=O) groups is 1. The molecular formula is C9H7ClN2O. The number of nitriles is 1. The van der Waals surface area contributed by atoms with Crippen molar-refractivity contribution < 1.29 is 4.79 Å². The molecule has 0 atom stereocenters. The molecule has 0 aliphatic rings. The van der Waals surface area contributed by atoms with Crippen LogP contribution in [0.5, 0.6) is 0 Å². The fraction of sp³-hybridized carbons (Fsp3) is 0.222. The molecule has 0 N–H and O–H groups in total.